The molecule has 0 bridgehead atoms. The molecule has 1 N–H and O–H groups in total. The number of aryl methyl sites for hydroxylation is 1. The van der Waals surface area contributed by atoms with Crippen LogP contribution in [0, 0.1) is 0 Å². The van der Waals surface area contributed by atoms with Crippen molar-refractivity contribution in [3.63, 3.8) is 0 Å². The van der Waals surface area contributed by atoms with E-state index in [1.165, 1.54) is 18.4 Å². The molecule has 1 aromatic carbocycles. The standard InChI is InChI=1S/C15H24O/c1-3-4-8-12-15(2,16)13-11-14-9-6-5-7-10-14/h5-7,9-10,16H,3-4,8,11-13H2,1-2H3. The van der Waals surface area contributed by atoms with Crippen molar-refractivity contribution in [2.75, 3.05) is 0 Å². The van der Waals surface area contributed by atoms with Gasteiger partial charge in [0.2, 0.25) is 0 Å². The lowest BCUT2D eigenvalue weighted by Crippen LogP contribution is -2.24. The molecule has 0 aromatic heterocycles. The molecule has 0 aliphatic rings. The Morgan fingerprint density at radius 3 is 2.38 bits per heavy atom. The zero-order chi connectivity index (χ0) is 11.9. The van der Waals surface area contributed by atoms with Crippen LogP contribution < -0.4 is 0 Å². The van der Waals surface area contributed by atoms with Crippen molar-refractivity contribution in [1.82, 2.24) is 0 Å². The first kappa shape index (κ1) is 13.2. The second kappa shape index (κ2) is 6.70. The van der Waals surface area contributed by atoms with Gasteiger partial charge in [-0.2, -0.15) is 0 Å². The van der Waals surface area contributed by atoms with E-state index < -0.39 is 5.60 Å². The highest BCUT2D eigenvalue weighted by molar-refractivity contribution is 5.14. The molecule has 1 rings (SSSR count). The van der Waals surface area contributed by atoms with Crippen LogP contribution >= 0.6 is 0 Å². The van der Waals surface area contributed by atoms with Gasteiger partial charge in [0.15, 0.2) is 0 Å². The summed E-state index contributed by atoms with van der Waals surface area (Å²) in [5.41, 5.74) is 0.823. The second-order valence-electron chi connectivity index (χ2n) is 4.94. The van der Waals surface area contributed by atoms with Gasteiger partial charge in [0.25, 0.3) is 0 Å². The molecule has 1 atom stereocenters. The number of rotatable bonds is 7. The normalized spacial score (nSPS) is 14.7. The monoisotopic (exact) mass is 220 g/mol. The van der Waals surface area contributed by atoms with E-state index in [0.29, 0.717) is 0 Å². The molecule has 1 aromatic rings. The van der Waals surface area contributed by atoms with Crippen molar-refractivity contribution in [3.8, 4) is 0 Å². The summed E-state index contributed by atoms with van der Waals surface area (Å²) >= 11 is 0. The van der Waals surface area contributed by atoms with Crippen molar-refractivity contribution in [2.45, 2.75) is 58.0 Å². The Kier molecular flexibility index (Phi) is 5.54. The SMILES string of the molecule is CCCCCC(C)(O)CCc1ccccc1. The van der Waals surface area contributed by atoms with Gasteiger partial charge in [-0.05, 0) is 31.7 Å². The molecule has 0 saturated carbocycles. The Morgan fingerprint density at radius 2 is 1.75 bits per heavy atom. The van der Waals surface area contributed by atoms with Crippen molar-refractivity contribution in [3.05, 3.63) is 35.9 Å². The molecule has 0 aliphatic heterocycles. The largest absolute Gasteiger partial charge is 0.390 e. The fourth-order valence-corrected chi connectivity index (χ4v) is 1.94. The topological polar surface area (TPSA) is 20.2 Å². The van der Waals surface area contributed by atoms with Gasteiger partial charge < -0.3 is 5.11 Å². The maximum absolute atomic E-state index is 10.2. The van der Waals surface area contributed by atoms with Crippen molar-refractivity contribution in [1.29, 1.82) is 0 Å². The van der Waals surface area contributed by atoms with Crippen LogP contribution in [0.3, 0.4) is 0 Å². The highest BCUT2D eigenvalue weighted by Crippen LogP contribution is 2.20. The third-order valence-corrected chi connectivity index (χ3v) is 3.11. The van der Waals surface area contributed by atoms with E-state index in [1.807, 2.05) is 13.0 Å². The lowest BCUT2D eigenvalue weighted by molar-refractivity contribution is 0.0397. The van der Waals surface area contributed by atoms with E-state index in [9.17, 15) is 5.11 Å². The molecule has 1 unspecified atom stereocenters. The average molecular weight is 220 g/mol. The van der Waals surface area contributed by atoms with Crippen LogP contribution in [0.5, 0.6) is 0 Å². The molecule has 1 nitrogen and oxygen atoms in total. The molecule has 1 heteroatoms. The predicted octanol–water partition coefficient (Wildman–Crippen LogP) is 3.95. The van der Waals surface area contributed by atoms with E-state index in [2.05, 4.69) is 31.2 Å². The van der Waals surface area contributed by atoms with E-state index in [1.54, 1.807) is 0 Å². The summed E-state index contributed by atoms with van der Waals surface area (Å²) < 4.78 is 0. The first-order chi connectivity index (χ1) is 7.64. The summed E-state index contributed by atoms with van der Waals surface area (Å²) in [6.45, 7) is 4.16. The average Bonchev–Trinajstić information content (AvgIpc) is 2.28. The summed E-state index contributed by atoms with van der Waals surface area (Å²) in [6, 6.07) is 10.4. The molecule has 0 fully saturated rings. The smallest absolute Gasteiger partial charge is 0.0623 e. The zero-order valence-corrected chi connectivity index (χ0v) is 10.6. The molecule has 0 saturated heterocycles. The van der Waals surface area contributed by atoms with Gasteiger partial charge in [0, 0.05) is 0 Å². The van der Waals surface area contributed by atoms with Crippen molar-refractivity contribution < 1.29 is 5.11 Å². The van der Waals surface area contributed by atoms with E-state index >= 15 is 0 Å². The van der Waals surface area contributed by atoms with E-state index in [0.717, 1.165) is 25.7 Å². The second-order valence-corrected chi connectivity index (χ2v) is 4.94. The van der Waals surface area contributed by atoms with Gasteiger partial charge in [-0.3, -0.25) is 0 Å². The minimum Gasteiger partial charge on any atom is -0.390 e. The highest BCUT2D eigenvalue weighted by Gasteiger charge is 2.18. The van der Waals surface area contributed by atoms with Gasteiger partial charge in [-0.1, -0.05) is 56.5 Å². The Morgan fingerprint density at radius 1 is 1.06 bits per heavy atom. The molecule has 0 heterocycles. The fraction of sp³-hybridized carbons (Fsp3) is 0.600. The Balaban J connectivity index is 2.30. The lowest BCUT2D eigenvalue weighted by Gasteiger charge is -2.23. The van der Waals surface area contributed by atoms with E-state index in [4.69, 9.17) is 0 Å². The molecule has 90 valence electrons. The molecular formula is C15H24O. The number of benzene rings is 1. The predicted molar refractivity (Wildman–Crippen MR) is 69.5 cm³/mol. The minimum absolute atomic E-state index is 0.495. The van der Waals surface area contributed by atoms with Crippen molar-refractivity contribution >= 4 is 0 Å². The summed E-state index contributed by atoms with van der Waals surface area (Å²) in [5, 5.41) is 10.2. The highest BCUT2D eigenvalue weighted by atomic mass is 16.3. The van der Waals surface area contributed by atoms with Crippen LogP contribution in [0.1, 0.15) is 51.5 Å². The van der Waals surface area contributed by atoms with Crippen LogP contribution in [0.25, 0.3) is 0 Å². The summed E-state index contributed by atoms with van der Waals surface area (Å²) in [5.74, 6) is 0. The molecule has 16 heavy (non-hydrogen) atoms. The molecular weight excluding hydrogens is 196 g/mol. The molecule has 0 radical (unpaired) electrons. The van der Waals surface area contributed by atoms with Crippen LogP contribution in [0.2, 0.25) is 0 Å². The quantitative estimate of drug-likeness (QED) is 0.690. The number of aliphatic hydroxyl groups is 1. The molecule has 0 spiro atoms. The molecule has 0 amide bonds. The van der Waals surface area contributed by atoms with Gasteiger partial charge >= 0.3 is 0 Å². The Hall–Kier alpha value is -0.820. The van der Waals surface area contributed by atoms with Gasteiger partial charge in [0.1, 0.15) is 0 Å². The molecule has 0 aliphatic carbocycles. The van der Waals surface area contributed by atoms with Crippen LogP contribution in [0.15, 0.2) is 30.3 Å². The lowest BCUT2D eigenvalue weighted by atomic mass is 9.91. The van der Waals surface area contributed by atoms with Crippen LogP contribution in [-0.4, -0.2) is 10.7 Å². The fourth-order valence-electron chi connectivity index (χ4n) is 1.94. The van der Waals surface area contributed by atoms with Gasteiger partial charge in [-0.15, -0.1) is 0 Å². The number of hydrogen-bond acceptors (Lipinski definition) is 1. The van der Waals surface area contributed by atoms with Crippen LogP contribution in [-0.2, 0) is 6.42 Å². The van der Waals surface area contributed by atoms with Gasteiger partial charge in [0.05, 0.1) is 5.60 Å². The maximum Gasteiger partial charge on any atom is 0.0623 e. The number of unbranched alkanes of at least 4 members (excludes halogenated alkanes) is 2. The Labute approximate surface area is 99.5 Å². The maximum atomic E-state index is 10.2. The first-order valence-electron chi connectivity index (χ1n) is 6.40. The van der Waals surface area contributed by atoms with Crippen molar-refractivity contribution in [2.24, 2.45) is 0 Å². The Bertz CT molecular complexity index is 277. The first-order valence-corrected chi connectivity index (χ1v) is 6.40. The van der Waals surface area contributed by atoms with Crippen LogP contribution in [0.4, 0.5) is 0 Å². The third kappa shape index (κ3) is 5.32. The minimum atomic E-state index is -0.495. The summed E-state index contributed by atoms with van der Waals surface area (Å²) in [4.78, 5) is 0. The zero-order valence-electron chi connectivity index (χ0n) is 10.6. The number of hydrogen-bond donors (Lipinski definition) is 1. The van der Waals surface area contributed by atoms with Gasteiger partial charge in [-0.25, -0.2) is 0 Å². The third-order valence-electron chi connectivity index (χ3n) is 3.11. The van der Waals surface area contributed by atoms with E-state index in [-0.39, 0.29) is 0 Å². The summed E-state index contributed by atoms with van der Waals surface area (Å²) in [7, 11) is 0. The summed E-state index contributed by atoms with van der Waals surface area (Å²) in [6.07, 6.45) is 6.34.